The summed E-state index contributed by atoms with van der Waals surface area (Å²) < 4.78 is 5.18. The van der Waals surface area contributed by atoms with Crippen LogP contribution in [0.2, 0.25) is 0 Å². The first-order valence-electron chi connectivity index (χ1n) is 5.00. The third-order valence-electron chi connectivity index (χ3n) is 2.50. The summed E-state index contributed by atoms with van der Waals surface area (Å²) in [5.41, 5.74) is 6.79. The van der Waals surface area contributed by atoms with Gasteiger partial charge < -0.3 is 15.8 Å². The van der Waals surface area contributed by atoms with Crippen molar-refractivity contribution in [3.63, 3.8) is 0 Å². The molecule has 4 heteroatoms. The van der Waals surface area contributed by atoms with Crippen molar-refractivity contribution in [1.29, 1.82) is 0 Å². The number of methoxy groups -OCH3 is 1. The van der Waals surface area contributed by atoms with Crippen molar-refractivity contribution in [3.8, 4) is 5.75 Å². The van der Waals surface area contributed by atoms with E-state index in [1.54, 1.807) is 7.11 Å². The molecule has 1 heterocycles. The third-order valence-corrected chi connectivity index (χ3v) is 2.50. The summed E-state index contributed by atoms with van der Waals surface area (Å²) in [6.45, 7) is 0.872. The number of nitrogens with one attached hydrogen (secondary N) is 1. The highest BCUT2D eigenvalue weighted by Gasteiger charge is 2.15. The number of benzene rings is 1. The zero-order chi connectivity index (χ0) is 10.7. The molecule has 1 unspecified atom stereocenters. The van der Waals surface area contributed by atoms with Crippen molar-refractivity contribution in [2.45, 2.75) is 12.5 Å². The number of nitrogens with two attached hydrogens (primary N) is 1. The van der Waals surface area contributed by atoms with E-state index in [0.29, 0.717) is 5.96 Å². The average molecular weight is 205 g/mol. The predicted molar refractivity (Wildman–Crippen MR) is 60.0 cm³/mol. The summed E-state index contributed by atoms with van der Waals surface area (Å²) in [5, 5.41) is 3.01. The van der Waals surface area contributed by atoms with Gasteiger partial charge in [-0.1, -0.05) is 12.1 Å². The van der Waals surface area contributed by atoms with Gasteiger partial charge in [0.25, 0.3) is 0 Å². The van der Waals surface area contributed by atoms with Gasteiger partial charge in [0.15, 0.2) is 5.96 Å². The standard InChI is InChI=1S/C11H15N3O/c1-15-9-4-2-3-8(7-9)10-5-6-13-11(12)14-10/h2-4,7,10H,5-6H2,1H3,(H3,12,13,14). The Morgan fingerprint density at radius 2 is 2.40 bits per heavy atom. The monoisotopic (exact) mass is 205 g/mol. The maximum Gasteiger partial charge on any atom is 0.189 e. The number of rotatable bonds is 2. The Kier molecular flexibility index (Phi) is 2.76. The Bertz CT molecular complexity index is 376. The molecule has 4 nitrogen and oxygen atoms in total. The summed E-state index contributed by atoms with van der Waals surface area (Å²) >= 11 is 0. The maximum absolute atomic E-state index is 5.64. The van der Waals surface area contributed by atoms with E-state index in [1.165, 1.54) is 0 Å². The first kappa shape index (κ1) is 9.83. The number of guanidine groups is 1. The van der Waals surface area contributed by atoms with E-state index in [0.717, 1.165) is 24.3 Å². The molecule has 0 spiro atoms. The highest BCUT2D eigenvalue weighted by Crippen LogP contribution is 2.25. The average Bonchev–Trinajstić information content (AvgIpc) is 2.29. The van der Waals surface area contributed by atoms with Crippen molar-refractivity contribution >= 4 is 5.96 Å². The second-order valence-electron chi connectivity index (χ2n) is 3.52. The van der Waals surface area contributed by atoms with Gasteiger partial charge in [-0.3, -0.25) is 0 Å². The lowest BCUT2D eigenvalue weighted by Crippen LogP contribution is -2.36. The Hall–Kier alpha value is -1.71. The molecule has 1 aliphatic heterocycles. The van der Waals surface area contributed by atoms with Gasteiger partial charge in [0.05, 0.1) is 13.2 Å². The van der Waals surface area contributed by atoms with Gasteiger partial charge in [0.2, 0.25) is 0 Å². The molecular formula is C11H15N3O. The smallest absolute Gasteiger partial charge is 0.189 e. The van der Waals surface area contributed by atoms with Crippen molar-refractivity contribution in [2.24, 2.45) is 10.7 Å². The molecule has 15 heavy (non-hydrogen) atoms. The van der Waals surface area contributed by atoms with Crippen LogP contribution in [-0.4, -0.2) is 19.6 Å². The van der Waals surface area contributed by atoms with E-state index in [2.05, 4.69) is 16.4 Å². The fourth-order valence-electron chi connectivity index (χ4n) is 1.71. The number of ether oxygens (including phenoxy) is 1. The van der Waals surface area contributed by atoms with Gasteiger partial charge in [-0.15, -0.1) is 0 Å². The Balaban J connectivity index is 2.24. The number of hydrogen-bond donors (Lipinski definition) is 2. The van der Waals surface area contributed by atoms with Crippen molar-refractivity contribution in [3.05, 3.63) is 29.8 Å². The van der Waals surface area contributed by atoms with Gasteiger partial charge in [-0.05, 0) is 24.1 Å². The summed E-state index contributed by atoms with van der Waals surface area (Å²) in [4.78, 5) is 4.36. The molecule has 0 amide bonds. The fourth-order valence-corrected chi connectivity index (χ4v) is 1.71. The van der Waals surface area contributed by atoms with Crippen LogP contribution in [0.4, 0.5) is 0 Å². The molecule has 0 radical (unpaired) electrons. The van der Waals surface area contributed by atoms with Crippen molar-refractivity contribution in [2.75, 3.05) is 13.7 Å². The molecule has 0 bridgehead atoms. The van der Waals surface area contributed by atoms with E-state index >= 15 is 0 Å². The third kappa shape index (κ3) is 2.21. The first-order valence-corrected chi connectivity index (χ1v) is 5.00. The summed E-state index contributed by atoms with van der Waals surface area (Å²) in [6, 6.07) is 8.11. The summed E-state index contributed by atoms with van der Waals surface area (Å²) in [6.07, 6.45) is 0.966. The van der Waals surface area contributed by atoms with Gasteiger partial charge in [0.1, 0.15) is 5.75 Å². The molecule has 1 atom stereocenters. The molecular weight excluding hydrogens is 190 g/mol. The highest BCUT2D eigenvalue weighted by molar-refractivity contribution is 5.78. The van der Waals surface area contributed by atoms with Crippen LogP contribution in [0.15, 0.2) is 29.3 Å². The van der Waals surface area contributed by atoms with Crippen LogP contribution in [0.25, 0.3) is 0 Å². The molecule has 0 aromatic heterocycles. The van der Waals surface area contributed by atoms with Crippen LogP contribution < -0.4 is 15.8 Å². The van der Waals surface area contributed by atoms with Crippen LogP contribution in [0.5, 0.6) is 5.75 Å². The molecule has 1 aromatic rings. The van der Waals surface area contributed by atoms with Gasteiger partial charge >= 0.3 is 0 Å². The van der Waals surface area contributed by atoms with Gasteiger partial charge in [0, 0.05) is 6.54 Å². The minimum Gasteiger partial charge on any atom is -0.497 e. The van der Waals surface area contributed by atoms with Gasteiger partial charge in [-0.2, -0.15) is 0 Å². The fraction of sp³-hybridized carbons (Fsp3) is 0.364. The molecule has 1 aliphatic rings. The van der Waals surface area contributed by atoms with Crippen LogP contribution in [-0.2, 0) is 0 Å². The number of aliphatic imine (C=N–C) groups is 1. The Labute approximate surface area is 89.1 Å². The van der Waals surface area contributed by atoms with Crippen LogP contribution in [0, 0.1) is 0 Å². The van der Waals surface area contributed by atoms with Crippen LogP contribution >= 0.6 is 0 Å². The van der Waals surface area contributed by atoms with Crippen LogP contribution in [0.3, 0.4) is 0 Å². The van der Waals surface area contributed by atoms with Crippen molar-refractivity contribution < 1.29 is 4.74 Å². The Morgan fingerprint density at radius 1 is 1.53 bits per heavy atom. The second-order valence-corrected chi connectivity index (χ2v) is 3.52. The molecule has 0 fully saturated rings. The minimum atomic E-state index is 0.154. The zero-order valence-corrected chi connectivity index (χ0v) is 8.73. The van der Waals surface area contributed by atoms with E-state index in [4.69, 9.17) is 10.5 Å². The SMILES string of the molecule is COc1cccc(C2CCNC(N)=N2)c1. The largest absolute Gasteiger partial charge is 0.497 e. The normalized spacial score (nSPS) is 20.3. The molecule has 80 valence electrons. The summed E-state index contributed by atoms with van der Waals surface area (Å²) in [5.74, 6) is 1.38. The topological polar surface area (TPSA) is 59.6 Å². The number of nitrogens with zero attached hydrogens (tertiary/aromatic N) is 1. The van der Waals surface area contributed by atoms with Crippen LogP contribution in [0.1, 0.15) is 18.0 Å². The van der Waals surface area contributed by atoms with E-state index in [1.807, 2.05) is 18.2 Å². The molecule has 0 aliphatic carbocycles. The maximum atomic E-state index is 5.64. The molecule has 1 aromatic carbocycles. The molecule has 0 saturated carbocycles. The quantitative estimate of drug-likeness (QED) is 0.758. The van der Waals surface area contributed by atoms with E-state index < -0.39 is 0 Å². The predicted octanol–water partition coefficient (Wildman–Crippen LogP) is 1.04. The number of hydrogen-bond acceptors (Lipinski definition) is 4. The lowest BCUT2D eigenvalue weighted by molar-refractivity contribution is 0.413. The highest BCUT2D eigenvalue weighted by atomic mass is 16.5. The first-order chi connectivity index (χ1) is 7.29. The van der Waals surface area contributed by atoms with E-state index in [-0.39, 0.29) is 6.04 Å². The minimum absolute atomic E-state index is 0.154. The zero-order valence-electron chi connectivity index (χ0n) is 8.73. The Morgan fingerprint density at radius 3 is 3.13 bits per heavy atom. The molecule has 0 saturated heterocycles. The van der Waals surface area contributed by atoms with Gasteiger partial charge in [-0.25, -0.2) is 4.99 Å². The molecule has 2 rings (SSSR count). The molecule has 3 N–H and O–H groups in total. The second kappa shape index (κ2) is 4.21. The lowest BCUT2D eigenvalue weighted by atomic mass is 10.0. The van der Waals surface area contributed by atoms with Crippen molar-refractivity contribution in [1.82, 2.24) is 5.32 Å². The van der Waals surface area contributed by atoms with E-state index in [9.17, 15) is 0 Å². The lowest BCUT2D eigenvalue weighted by Gasteiger charge is -2.20. The summed E-state index contributed by atoms with van der Waals surface area (Å²) in [7, 11) is 1.67.